The Labute approximate surface area is 199 Å². The molecule has 0 aliphatic heterocycles. The van der Waals surface area contributed by atoms with Crippen LogP contribution in [-0.4, -0.2) is 27.8 Å². The van der Waals surface area contributed by atoms with Crippen molar-refractivity contribution in [3.63, 3.8) is 0 Å². The Hall–Kier alpha value is -2.68. The first kappa shape index (κ1) is 24.0. The number of amides is 1. The van der Waals surface area contributed by atoms with Gasteiger partial charge in [-0.15, -0.1) is 0 Å². The summed E-state index contributed by atoms with van der Waals surface area (Å²) in [5.41, 5.74) is 5.06. The molecule has 1 heterocycles. The fourth-order valence-electron chi connectivity index (χ4n) is 2.66. The monoisotopic (exact) mass is 492 g/mol. The van der Waals surface area contributed by atoms with Gasteiger partial charge in [-0.2, -0.15) is 5.10 Å². The van der Waals surface area contributed by atoms with Crippen LogP contribution in [0.2, 0.25) is 10.0 Å². The van der Waals surface area contributed by atoms with Crippen molar-refractivity contribution in [3.05, 3.63) is 80.8 Å². The van der Waals surface area contributed by atoms with Crippen LogP contribution >= 0.6 is 35.0 Å². The van der Waals surface area contributed by atoms with Gasteiger partial charge in [0.15, 0.2) is 10.9 Å². The maximum atomic E-state index is 13.7. The van der Waals surface area contributed by atoms with E-state index in [1.54, 1.807) is 30.3 Å². The second kappa shape index (κ2) is 11.3. The molecule has 2 aromatic carbocycles. The molecule has 0 saturated carbocycles. The first-order valence-corrected chi connectivity index (χ1v) is 11.2. The number of rotatable bonds is 8. The van der Waals surface area contributed by atoms with Crippen molar-refractivity contribution in [2.75, 3.05) is 5.75 Å². The zero-order valence-electron chi connectivity index (χ0n) is 17.2. The van der Waals surface area contributed by atoms with Gasteiger partial charge in [0.05, 0.1) is 22.0 Å². The van der Waals surface area contributed by atoms with E-state index in [1.165, 1.54) is 24.0 Å². The highest BCUT2D eigenvalue weighted by atomic mass is 35.5. The average Bonchev–Trinajstić information content (AvgIpc) is 2.72. The molecule has 0 bridgehead atoms. The second-order valence-corrected chi connectivity index (χ2v) is 8.47. The topological polar surface area (TPSA) is 76.5 Å². The third-order valence-electron chi connectivity index (χ3n) is 4.05. The molecule has 0 atom stereocenters. The van der Waals surface area contributed by atoms with E-state index < -0.39 is 0 Å². The maximum absolute atomic E-state index is 13.7. The number of carbonyl (C=O) groups is 1. The summed E-state index contributed by atoms with van der Waals surface area (Å²) in [4.78, 5) is 20.6. The van der Waals surface area contributed by atoms with Crippen LogP contribution in [0, 0.1) is 19.7 Å². The lowest BCUT2D eigenvalue weighted by Crippen LogP contribution is -2.19. The van der Waals surface area contributed by atoms with Gasteiger partial charge >= 0.3 is 0 Å². The van der Waals surface area contributed by atoms with Crippen molar-refractivity contribution in [1.82, 2.24) is 15.4 Å². The SMILES string of the molecule is Cc1cc(C)nc(SCC(=O)N/N=C\c2cc(Cl)c(OCc3ccccc3F)c(Cl)c2)n1. The Bertz CT molecular complexity index is 1120. The van der Waals surface area contributed by atoms with Gasteiger partial charge in [0.2, 0.25) is 0 Å². The largest absolute Gasteiger partial charge is 0.486 e. The molecule has 3 aromatic rings. The van der Waals surface area contributed by atoms with Gasteiger partial charge in [-0.3, -0.25) is 4.79 Å². The Morgan fingerprint density at radius 2 is 1.81 bits per heavy atom. The maximum Gasteiger partial charge on any atom is 0.250 e. The molecular weight excluding hydrogens is 474 g/mol. The third-order valence-corrected chi connectivity index (χ3v) is 5.46. The van der Waals surface area contributed by atoms with Gasteiger partial charge in [0, 0.05) is 17.0 Å². The summed E-state index contributed by atoms with van der Waals surface area (Å²) in [6.45, 7) is 3.72. The van der Waals surface area contributed by atoms with Gasteiger partial charge in [-0.05, 0) is 43.7 Å². The van der Waals surface area contributed by atoms with E-state index in [4.69, 9.17) is 27.9 Å². The number of hydrazone groups is 1. The smallest absolute Gasteiger partial charge is 0.250 e. The van der Waals surface area contributed by atoms with Crippen LogP contribution < -0.4 is 10.2 Å². The molecule has 166 valence electrons. The summed E-state index contributed by atoms with van der Waals surface area (Å²) in [5.74, 6) is -0.329. The van der Waals surface area contributed by atoms with E-state index >= 15 is 0 Å². The molecule has 1 aromatic heterocycles. The Kier molecular flexibility index (Phi) is 8.44. The average molecular weight is 493 g/mol. The fourth-order valence-corrected chi connectivity index (χ4v) is 4.01. The van der Waals surface area contributed by atoms with Crippen LogP contribution in [0.1, 0.15) is 22.5 Å². The van der Waals surface area contributed by atoms with Crippen molar-refractivity contribution < 1.29 is 13.9 Å². The highest BCUT2D eigenvalue weighted by molar-refractivity contribution is 7.99. The zero-order valence-corrected chi connectivity index (χ0v) is 19.6. The fraction of sp³-hybridized carbons (Fsp3) is 0.182. The van der Waals surface area contributed by atoms with Gasteiger partial charge in [-0.25, -0.2) is 19.8 Å². The predicted octanol–water partition coefficient (Wildman–Crippen LogP) is 5.36. The number of aryl methyl sites for hydroxylation is 2. The standard InChI is InChI=1S/C22H19Cl2FN4O2S/c1-13-7-14(2)28-22(27-13)32-12-20(30)29-26-10-15-8-17(23)21(18(24)9-15)31-11-16-5-3-4-6-19(16)25/h3-10H,11-12H2,1-2H3,(H,29,30)/b26-10-. The summed E-state index contributed by atoms with van der Waals surface area (Å²) in [6.07, 6.45) is 1.41. The number of thioether (sulfide) groups is 1. The lowest BCUT2D eigenvalue weighted by atomic mass is 10.2. The van der Waals surface area contributed by atoms with Gasteiger partial charge < -0.3 is 4.74 Å². The van der Waals surface area contributed by atoms with Crippen molar-refractivity contribution >= 4 is 47.1 Å². The van der Waals surface area contributed by atoms with Crippen molar-refractivity contribution in [3.8, 4) is 5.75 Å². The van der Waals surface area contributed by atoms with Crippen molar-refractivity contribution in [2.24, 2.45) is 5.10 Å². The van der Waals surface area contributed by atoms with Crippen LogP contribution in [-0.2, 0) is 11.4 Å². The molecule has 0 saturated heterocycles. The van der Waals surface area contributed by atoms with Crippen molar-refractivity contribution in [2.45, 2.75) is 25.6 Å². The summed E-state index contributed by atoms with van der Waals surface area (Å²) in [7, 11) is 0. The Morgan fingerprint density at radius 1 is 1.16 bits per heavy atom. The van der Waals surface area contributed by atoms with Crippen LogP contribution in [0.15, 0.2) is 52.7 Å². The molecule has 10 heteroatoms. The molecule has 32 heavy (non-hydrogen) atoms. The molecule has 1 N–H and O–H groups in total. The first-order chi connectivity index (χ1) is 15.3. The minimum absolute atomic E-state index is 0.0164. The number of hydrogen-bond donors (Lipinski definition) is 1. The summed E-state index contributed by atoms with van der Waals surface area (Å²) in [5, 5.41) is 4.93. The molecule has 3 rings (SSSR count). The molecule has 1 amide bonds. The van der Waals surface area contributed by atoms with E-state index in [0.717, 1.165) is 11.4 Å². The molecule has 0 aliphatic rings. The number of benzene rings is 2. The number of ether oxygens (including phenoxy) is 1. The van der Waals surface area contributed by atoms with E-state index in [9.17, 15) is 9.18 Å². The summed E-state index contributed by atoms with van der Waals surface area (Å²) in [6, 6.07) is 11.3. The van der Waals surface area contributed by atoms with E-state index in [-0.39, 0.29) is 39.9 Å². The molecule has 0 fully saturated rings. The van der Waals surface area contributed by atoms with Crippen LogP contribution in [0.25, 0.3) is 0 Å². The van der Waals surface area contributed by atoms with Gasteiger partial charge in [-0.1, -0.05) is 53.2 Å². The highest BCUT2D eigenvalue weighted by Gasteiger charge is 2.11. The summed E-state index contributed by atoms with van der Waals surface area (Å²) < 4.78 is 19.3. The zero-order chi connectivity index (χ0) is 23.1. The molecule has 0 spiro atoms. The quantitative estimate of drug-likeness (QED) is 0.198. The van der Waals surface area contributed by atoms with Gasteiger partial charge in [0.1, 0.15) is 12.4 Å². The van der Waals surface area contributed by atoms with E-state index in [1.807, 2.05) is 19.9 Å². The van der Waals surface area contributed by atoms with Crippen LogP contribution in [0.4, 0.5) is 4.39 Å². The lowest BCUT2D eigenvalue weighted by molar-refractivity contribution is -0.118. The molecule has 6 nitrogen and oxygen atoms in total. The number of halogens is 3. The van der Waals surface area contributed by atoms with Gasteiger partial charge in [0.25, 0.3) is 5.91 Å². The molecule has 0 aliphatic carbocycles. The minimum atomic E-state index is -0.374. The second-order valence-electron chi connectivity index (χ2n) is 6.71. The lowest BCUT2D eigenvalue weighted by Gasteiger charge is -2.11. The number of nitrogens with zero attached hydrogens (tertiary/aromatic N) is 3. The summed E-state index contributed by atoms with van der Waals surface area (Å²) >= 11 is 13.7. The third kappa shape index (κ3) is 6.91. The van der Waals surface area contributed by atoms with E-state index in [2.05, 4.69) is 20.5 Å². The predicted molar refractivity (Wildman–Crippen MR) is 125 cm³/mol. The minimum Gasteiger partial charge on any atom is -0.486 e. The Morgan fingerprint density at radius 3 is 2.47 bits per heavy atom. The highest BCUT2D eigenvalue weighted by Crippen LogP contribution is 2.34. The normalized spacial score (nSPS) is 11.0. The number of hydrogen-bond acceptors (Lipinski definition) is 6. The Balaban J connectivity index is 1.55. The molecule has 0 unspecified atom stereocenters. The first-order valence-electron chi connectivity index (χ1n) is 9.44. The molecular formula is C22H19Cl2FN4O2S. The van der Waals surface area contributed by atoms with Crippen LogP contribution in [0.5, 0.6) is 5.75 Å². The molecule has 0 radical (unpaired) electrons. The van der Waals surface area contributed by atoms with E-state index in [0.29, 0.717) is 16.3 Å². The number of carbonyl (C=O) groups excluding carboxylic acids is 1. The number of nitrogens with one attached hydrogen (secondary N) is 1. The number of aromatic nitrogens is 2. The van der Waals surface area contributed by atoms with Crippen LogP contribution in [0.3, 0.4) is 0 Å². The van der Waals surface area contributed by atoms with Crippen molar-refractivity contribution in [1.29, 1.82) is 0 Å².